The molecule has 0 saturated carbocycles. The second-order valence-corrected chi connectivity index (χ2v) is 6.36. The quantitative estimate of drug-likeness (QED) is 0.720. The van der Waals surface area contributed by atoms with Crippen LogP contribution in [0.3, 0.4) is 0 Å². The minimum Gasteiger partial charge on any atom is -0.497 e. The van der Waals surface area contributed by atoms with Gasteiger partial charge >= 0.3 is 0 Å². The number of methoxy groups -OCH3 is 2. The number of hydrogen-bond acceptors (Lipinski definition) is 4. The standard InChI is InChI=1S/C22H19FN2O3/c1-27-16-10-8-15(9-11-16)25-21(14-7-12-20(28-2)18(23)13-14)24-19-6-4-3-5-17(19)22(25)26/h3-13,21,24H,1-2H3. The van der Waals surface area contributed by atoms with Gasteiger partial charge in [-0.2, -0.15) is 0 Å². The Morgan fingerprint density at radius 2 is 1.71 bits per heavy atom. The van der Waals surface area contributed by atoms with E-state index < -0.39 is 12.0 Å². The average molecular weight is 378 g/mol. The van der Waals surface area contributed by atoms with Crippen molar-refractivity contribution in [3.05, 3.63) is 83.7 Å². The van der Waals surface area contributed by atoms with Gasteiger partial charge < -0.3 is 14.8 Å². The summed E-state index contributed by atoms with van der Waals surface area (Å²) in [6.45, 7) is 0. The van der Waals surface area contributed by atoms with E-state index in [2.05, 4.69) is 5.32 Å². The van der Waals surface area contributed by atoms with Gasteiger partial charge in [0.25, 0.3) is 5.91 Å². The van der Waals surface area contributed by atoms with E-state index >= 15 is 0 Å². The van der Waals surface area contributed by atoms with E-state index in [1.54, 1.807) is 54.5 Å². The smallest absolute Gasteiger partial charge is 0.262 e. The van der Waals surface area contributed by atoms with E-state index in [0.717, 1.165) is 0 Å². The lowest BCUT2D eigenvalue weighted by Gasteiger charge is -2.38. The largest absolute Gasteiger partial charge is 0.497 e. The van der Waals surface area contributed by atoms with Crippen LogP contribution in [0, 0.1) is 5.82 Å². The number of carbonyl (C=O) groups excluding carboxylic acids is 1. The highest BCUT2D eigenvalue weighted by Gasteiger charge is 2.34. The predicted molar refractivity (Wildman–Crippen MR) is 106 cm³/mol. The van der Waals surface area contributed by atoms with Gasteiger partial charge in [-0.25, -0.2) is 4.39 Å². The van der Waals surface area contributed by atoms with E-state index in [1.807, 2.05) is 18.2 Å². The molecule has 3 aromatic rings. The number of fused-ring (bicyclic) bond motifs is 1. The minimum atomic E-state index is -0.573. The Hall–Kier alpha value is -3.54. The van der Waals surface area contributed by atoms with Crippen molar-refractivity contribution in [2.45, 2.75) is 6.17 Å². The molecule has 0 aliphatic carbocycles. The summed E-state index contributed by atoms with van der Waals surface area (Å²) in [4.78, 5) is 14.9. The zero-order valence-corrected chi connectivity index (χ0v) is 15.5. The molecule has 28 heavy (non-hydrogen) atoms. The lowest BCUT2D eigenvalue weighted by atomic mass is 10.0. The van der Waals surface area contributed by atoms with E-state index in [9.17, 15) is 9.18 Å². The van der Waals surface area contributed by atoms with Crippen LogP contribution in [0.25, 0.3) is 0 Å². The first-order valence-corrected chi connectivity index (χ1v) is 8.79. The molecule has 1 heterocycles. The van der Waals surface area contributed by atoms with Crippen LogP contribution in [0.2, 0.25) is 0 Å². The molecule has 0 bridgehead atoms. The van der Waals surface area contributed by atoms with Gasteiger partial charge in [-0.1, -0.05) is 18.2 Å². The number of benzene rings is 3. The zero-order valence-electron chi connectivity index (χ0n) is 15.5. The number of halogens is 1. The molecule has 3 aromatic carbocycles. The van der Waals surface area contributed by atoms with E-state index in [-0.39, 0.29) is 11.7 Å². The summed E-state index contributed by atoms with van der Waals surface area (Å²) < 4.78 is 24.6. The first-order chi connectivity index (χ1) is 13.6. The van der Waals surface area contributed by atoms with Gasteiger partial charge in [0.2, 0.25) is 0 Å². The van der Waals surface area contributed by atoms with Crippen LogP contribution in [0.4, 0.5) is 15.8 Å². The van der Waals surface area contributed by atoms with Crippen molar-refractivity contribution in [1.29, 1.82) is 0 Å². The molecule has 1 aliphatic rings. The number of carbonyl (C=O) groups is 1. The lowest BCUT2D eigenvalue weighted by Crippen LogP contribution is -2.43. The molecule has 1 amide bonds. The number of nitrogens with one attached hydrogen (secondary N) is 1. The fourth-order valence-electron chi connectivity index (χ4n) is 3.35. The molecule has 4 rings (SSSR count). The summed E-state index contributed by atoms with van der Waals surface area (Å²) in [5.74, 6) is 0.194. The van der Waals surface area contributed by atoms with E-state index in [0.29, 0.717) is 28.3 Å². The van der Waals surface area contributed by atoms with Crippen LogP contribution >= 0.6 is 0 Å². The second kappa shape index (κ2) is 7.23. The number of nitrogens with zero attached hydrogens (tertiary/aromatic N) is 1. The Morgan fingerprint density at radius 3 is 2.39 bits per heavy atom. The first-order valence-electron chi connectivity index (χ1n) is 8.79. The third-order valence-electron chi connectivity index (χ3n) is 4.77. The normalized spacial score (nSPS) is 15.6. The molecule has 1 atom stereocenters. The first kappa shape index (κ1) is 17.9. The van der Waals surface area contributed by atoms with Crippen LogP contribution in [0.5, 0.6) is 11.5 Å². The van der Waals surface area contributed by atoms with Crippen molar-refractivity contribution < 1.29 is 18.7 Å². The topological polar surface area (TPSA) is 50.8 Å². The highest BCUT2D eigenvalue weighted by molar-refractivity contribution is 6.12. The number of amides is 1. The third kappa shape index (κ3) is 3.03. The van der Waals surface area contributed by atoms with Crippen LogP contribution in [0.15, 0.2) is 66.7 Å². The predicted octanol–water partition coefficient (Wildman–Crippen LogP) is 4.61. The maximum absolute atomic E-state index is 14.4. The highest BCUT2D eigenvalue weighted by Crippen LogP contribution is 2.37. The molecule has 0 fully saturated rings. The van der Waals surface area contributed by atoms with Gasteiger partial charge in [0, 0.05) is 11.4 Å². The van der Waals surface area contributed by atoms with Crippen molar-refractivity contribution in [3.63, 3.8) is 0 Å². The Balaban J connectivity index is 1.83. The summed E-state index contributed by atoms with van der Waals surface area (Å²) >= 11 is 0. The molecular formula is C22H19FN2O3. The zero-order chi connectivity index (χ0) is 19.7. The van der Waals surface area contributed by atoms with Crippen molar-refractivity contribution in [3.8, 4) is 11.5 Å². The van der Waals surface area contributed by atoms with Crippen molar-refractivity contribution in [2.75, 3.05) is 24.4 Å². The monoisotopic (exact) mass is 378 g/mol. The van der Waals surface area contributed by atoms with Gasteiger partial charge in [-0.15, -0.1) is 0 Å². The molecule has 6 heteroatoms. The molecular weight excluding hydrogens is 359 g/mol. The number of para-hydroxylation sites is 1. The summed E-state index contributed by atoms with van der Waals surface area (Å²) in [5.41, 5.74) is 2.55. The van der Waals surface area contributed by atoms with Crippen LogP contribution in [-0.2, 0) is 0 Å². The fourth-order valence-corrected chi connectivity index (χ4v) is 3.35. The molecule has 0 spiro atoms. The Morgan fingerprint density at radius 1 is 0.964 bits per heavy atom. The number of anilines is 2. The minimum absolute atomic E-state index is 0.155. The summed E-state index contributed by atoms with van der Waals surface area (Å²) in [6, 6.07) is 19.2. The van der Waals surface area contributed by atoms with Crippen molar-refractivity contribution in [1.82, 2.24) is 0 Å². The number of hydrogen-bond donors (Lipinski definition) is 1. The van der Waals surface area contributed by atoms with Crippen LogP contribution in [0.1, 0.15) is 22.1 Å². The molecule has 1 unspecified atom stereocenters. The lowest BCUT2D eigenvalue weighted by molar-refractivity contribution is 0.0975. The molecule has 5 nitrogen and oxygen atoms in total. The van der Waals surface area contributed by atoms with Crippen molar-refractivity contribution >= 4 is 17.3 Å². The second-order valence-electron chi connectivity index (χ2n) is 6.36. The van der Waals surface area contributed by atoms with E-state index in [4.69, 9.17) is 9.47 Å². The maximum Gasteiger partial charge on any atom is 0.262 e. The van der Waals surface area contributed by atoms with Gasteiger partial charge in [-0.05, 0) is 54.1 Å². The summed E-state index contributed by atoms with van der Waals surface area (Å²) in [5, 5.41) is 3.35. The third-order valence-corrected chi connectivity index (χ3v) is 4.77. The van der Waals surface area contributed by atoms with Gasteiger partial charge in [0.15, 0.2) is 11.6 Å². The molecule has 142 valence electrons. The molecule has 0 saturated heterocycles. The van der Waals surface area contributed by atoms with Crippen LogP contribution in [-0.4, -0.2) is 20.1 Å². The van der Waals surface area contributed by atoms with E-state index in [1.165, 1.54) is 13.2 Å². The van der Waals surface area contributed by atoms with Crippen LogP contribution < -0.4 is 19.7 Å². The molecule has 0 radical (unpaired) electrons. The molecule has 1 aliphatic heterocycles. The Labute approximate surface area is 162 Å². The Bertz CT molecular complexity index is 1020. The highest BCUT2D eigenvalue weighted by atomic mass is 19.1. The number of ether oxygens (including phenoxy) is 2. The summed E-state index contributed by atoms with van der Waals surface area (Å²) in [6.07, 6.45) is -0.573. The fraction of sp³-hybridized carbons (Fsp3) is 0.136. The summed E-state index contributed by atoms with van der Waals surface area (Å²) in [7, 11) is 3.00. The molecule has 0 aromatic heterocycles. The number of rotatable bonds is 4. The van der Waals surface area contributed by atoms with Gasteiger partial charge in [0.1, 0.15) is 11.9 Å². The maximum atomic E-state index is 14.4. The van der Waals surface area contributed by atoms with Gasteiger partial charge in [0.05, 0.1) is 19.8 Å². The average Bonchev–Trinajstić information content (AvgIpc) is 2.74. The van der Waals surface area contributed by atoms with Gasteiger partial charge in [-0.3, -0.25) is 9.69 Å². The molecule has 1 N–H and O–H groups in total. The van der Waals surface area contributed by atoms with Crippen molar-refractivity contribution in [2.24, 2.45) is 0 Å². The Kier molecular flexibility index (Phi) is 4.61. The SMILES string of the molecule is COc1ccc(N2C(=O)c3ccccc3NC2c2ccc(OC)c(F)c2)cc1.